The number of aldehydes is 1. The smallest absolute Gasteiger partial charge is 0.153 e. The van der Waals surface area contributed by atoms with E-state index < -0.39 is 26.4 Å². The van der Waals surface area contributed by atoms with Crippen molar-refractivity contribution in [3.63, 3.8) is 0 Å². The monoisotopic (exact) mass is 279 g/mol. The van der Waals surface area contributed by atoms with Crippen LogP contribution in [0.1, 0.15) is 11.5 Å². The fourth-order valence-corrected chi connectivity index (χ4v) is 4.30. The van der Waals surface area contributed by atoms with Crippen LogP contribution >= 0.6 is 0 Å². The summed E-state index contributed by atoms with van der Waals surface area (Å²) in [6.45, 7) is 0. The number of carbonyl (C=O) groups is 1. The molecule has 0 radical (unpaired) electrons. The number of nitrogens with zero attached hydrogens (tertiary/aromatic N) is 1. The second kappa shape index (κ2) is 4.35. The van der Waals surface area contributed by atoms with Crippen molar-refractivity contribution in [3.8, 4) is 11.8 Å². The zero-order valence-electron chi connectivity index (χ0n) is 10.5. The minimum absolute atomic E-state index is 0.452. The van der Waals surface area contributed by atoms with E-state index in [4.69, 9.17) is 10.00 Å². The molecule has 3 atom stereocenters. The molecule has 0 N–H and O–H groups in total. The molecule has 2 rings (SSSR count). The van der Waals surface area contributed by atoms with Crippen LogP contribution in [-0.2, 0) is 14.6 Å². The van der Waals surface area contributed by atoms with Gasteiger partial charge < -0.3 is 9.53 Å². The molecule has 6 heteroatoms. The van der Waals surface area contributed by atoms with E-state index in [1.165, 1.54) is 7.11 Å². The van der Waals surface area contributed by atoms with Gasteiger partial charge in [0.05, 0.1) is 18.4 Å². The van der Waals surface area contributed by atoms with Gasteiger partial charge in [-0.2, -0.15) is 5.26 Å². The van der Waals surface area contributed by atoms with Crippen molar-refractivity contribution >= 4 is 16.1 Å². The SMILES string of the molecule is COc1ccc(C2C(S(C)(=O)=O)C2(C#N)C=O)cc1. The van der Waals surface area contributed by atoms with Crippen LogP contribution < -0.4 is 4.74 Å². The lowest BCUT2D eigenvalue weighted by Gasteiger charge is -2.02. The van der Waals surface area contributed by atoms with Gasteiger partial charge in [0.25, 0.3) is 0 Å². The fraction of sp³-hybridized carbons (Fsp3) is 0.385. The number of methoxy groups -OCH3 is 1. The van der Waals surface area contributed by atoms with Crippen molar-refractivity contribution in [3.05, 3.63) is 29.8 Å². The van der Waals surface area contributed by atoms with Crippen LogP contribution in [0.2, 0.25) is 0 Å². The topological polar surface area (TPSA) is 84.2 Å². The third-order valence-corrected chi connectivity index (χ3v) is 5.09. The zero-order valence-corrected chi connectivity index (χ0v) is 11.3. The number of hydrogen-bond acceptors (Lipinski definition) is 5. The Labute approximate surface area is 111 Å². The number of sulfone groups is 1. The lowest BCUT2D eigenvalue weighted by atomic mass is 10.0. The molecule has 1 aliphatic rings. The molecule has 0 aromatic heterocycles. The standard InChI is InChI=1S/C13H13NO4S/c1-18-10-5-3-9(4-6-10)11-12(19(2,16)17)13(11,7-14)8-15/h3-6,8,11-12H,1-2H3. The van der Waals surface area contributed by atoms with Gasteiger partial charge >= 0.3 is 0 Å². The Hall–Kier alpha value is -1.87. The summed E-state index contributed by atoms with van der Waals surface area (Å²) in [5.74, 6) is 0.0323. The number of benzene rings is 1. The van der Waals surface area contributed by atoms with Crippen molar-refractivity contribution in [2.45, 2.75) is 11.2 Å². The average Bonchev–Trinajstić information content (AvgIpc) is 3.09. The predicted molar refractivity (Wildman–Crippen MR) is 68.5 cm³/mol. The van der Waals surface area contributed by atoms with Crippen molar-refractivity contribution in [1.29, 1.82) is 5.26 Å². The predicted octanol–water partition coefficient (Wildman–Crippen LogP) is 0.914. The van der Waals surface area contributed by atoms with E-state index in [9.17, 15) is 13.2 Å². The molecule has 3 unspecified atom stereocenters. The van der Waals surface area contributed by atoms with E-state index in [2.05, 4.69) is 0 Å². The van der Waals surface area contributed by atoms with Gasteiger partial charge in [-0.3, -0.25) is 0 Å². The molecule has 1 fully saturated rings. The molecule has 0 aliphatic heterocycles. The molecule has 1 saturated carbocycles. The minimum Gasteiger partial charge on any atom is -0.497 e. The van der Waals surface area contributed by atoms with Crippen LogP contribution in [0.4, 0.5) is 0 Å². The Kier molecular flexibility index (Phi) is 3.11. The average molecular weight is 279 g/mol. The van der Waals surface area contributed by atoms with Crippen LogP contribution in [0.5, 0.6) is 5.75 Å². The summed E-state index contributed by atoms with van der Waals surface area (Å²) in [5.41, 5.74) is -0.799. The third-order valence-electron chi connectivity index (χ3n) is 3.50. The summed E-state index contributed by atoms with van der Waals surface area (Å²) in [7, 11) is -1.94. The normalized spacial score (nSPS) is 29.3. The maximum Gasteiger partial charge on any atom is 0.153 e. The molecule has 1 aromatic carbocycles. The number of carbonyl (C=O) groups excluding carboxylic acids is 1. The highest BCUT2D eigenvalue weighted by atomic mass is 32.2. The van der Waals surface area contributed by atoms with Crippen LogP contribution in [-0.4, -0.2) is 33.3 Å². The molecule has 5 nitrogen and oxygen atoms in total. The van der Waals surface area contributed by atoms with Crippen molar-refractivity contribution < 1.29 is 17.9 Å². The Morgan fingerprint density at radius 1 is 1.37 bits per heavy atom. The number of hydrogen-bond donors (Lipinski definition) is 0. The molecular formula is C13H13NO4S. The molecule has 0 bridgehead atoms. The summed E-state index contributed by atoms with van der Waals surface area (Å²) >= 11 is 0. The second-order valence-electron chi connectivity index (χ2n) is 4.66. The fourth-order valence-electron chi connectivity index (χ4n) is 2.54. The molecular weight excluding hydrogens is 266 g/mol. The Morgan fingerprint density at radius 3 is 2.26 bits per heavy atom. The van der Waals surface area contributed by atoms with Crippen LogP contribution in [0, 0.1) is 16.7 Å². The largest absolute Gasteiger partial charge is 0.497 e. The summed E-state index contributed by atoms with van der Waals surface area (Å²) in [6.07, 6.45) is 1.50. The third kappa shape index (κ3) is 2.00. The summed E-state index contributed by atoms with van der Waals surface area (Å²) in [5, 5.41) is 8.19. The Balaban J connectivity index is 2.44. The molecule has 1 aliphatic carbocycles. The van der Waals surface area contributed by atoms with Crippen molar-refractivity contribution in [1.82, 2.24) is 0 Å². The Bertz CT molecular complexity index is 644. The first-order chi connectivity index (χ1) is 8.90. The quantitative estimate of drug-likeness (QED) is 0.765. The molecule has 0 amide bonds. The highest BCUT2D eigenvalue weighted by Crippen LogP contribution is 2.61. The highest BCUT2D eigenvalue weighted by Gasteiger charge is 2.71. The van der Waals surface area contributed by atoms with Gasteiger partial charge in [0.15, 0.2) is 9.84 Å². The number of rotatable bonds is 4. The zero-order chi connectivity index (χ0) is 14.3. The lowest BCUT2D eigenvalue weighted by molar-refractivity contribution is -0.110. The minimum atomic E-state index is -3.46. The van der Waals surface area contributed by atoms with E-state index >= 15 is 0 Å². The van der Waals surface area contributed by atoms with E-state index in [1.54, 1.807) is 24.3 Å². The first-order valence-electron chi connectivity index (χ1n) is 5.61. The summed E-state index contributed by atoms with van der Waals surface area (Å²) in [4.78, 5) is 11.2. The maximum absolute atomic E-state index is 11.7. The molecule has 0 heterocycles. The first kappa shape index (κ1) is 13.6. The van der Waals surface area contributed by atoms with E-state index in [0.717, 1.165) is 6.26 Å². The molecule has 100 valence electrons. The molecule has 19 heavy (non-hydrogen) atoms. The van der Waals surface area contributed by atoms with Crippen LogP contribution in [0.25, 0.3) is 0 Å². The molecule has 0 spiro atoms. The van der Waals surface area contributed by atoms with Crippen LogP contribution in [0.3, 0.4) is 0 Å². The summed E-state index contributed by atoms with van der Waals surface area (Å²) < 4.78 is 28.4. The van der Waals surface area contributed by atoms with Gasteiger partial charge in [-0.1, -0.05) is 12.1 Å². The summed E-state index contributed by atoms with van der Waals surface area (Å²) in [6, 6.07) is 8.59. The van der Waals surface area contributed by atoms with E-state index in [0.29, 0.717) is 17.6 Å². The maximum atomic E-state index is 11.7. The van der Waals surface area contributed by atoms with E-state index in [1.807, 2.05) is 6.07 Å². The number of ether oxygens (including phenoxy) is 1. The Morgan fingerprint density at radius 2 is 1.95 bits per heavy atom. The van der Waals surface area contributed by atoms with Gasteiger partial charge in [0, 0.05) is 12.2 Å². The number of nitriles is 1. The van der Waals surface area contributed by atoms with Crippen molar-refractivity contribution in [2.75, 3.05) is 13.4 Å². The second-order valence-corrected chi connectivity index (χ2v) is 6.83. The molecule has 0 saturated heterocycles. The first-order valence-corrected chi connectivity index (χ1v) is 7.56. The highest BCUT2D eigenvalue weighted by molar-refractivity contribution is 7.91. The van der Waals surface area contributed by atoms with Gasteiger partial charge in [-0.15, -0.1) is 0 Å². The lowest BCUT2D eigenvalue weighted by Crippen LogP contribution is -2.14. The van der Waals surface area contributed by atoms with Gasteiger partial charge in [0.2, 0.25) is 0 Å². The van der Waals surface area contributed by atoms with Gasteiger partial charge in [-0.25, -0.2) is 8.42 Å². The van der Waals surface area contributed by atoms with Crippen LogP contribution in [0.15, 0.2) is 24.3 Å². The van der Waals surface area contributed by atoms with Crippen molar-refractivity contribution in [2.24, 2.45) is 5.41 Å². The van der Waals surface area contributed by atoms with Gasteiger partial charge in [0.1, 0.15) is 17.5 Å². The van der Waals surface area contributed by atoms with E-state index in [-0.39, 0.29) is 0 Å². The van der Waals surface area contributed by atoms with Gasteiger partial charge in [-0.05, 0) is 17.7 Å². The molecule has 1 aromatic rings.